The van der Waals surface area contributed by atoms with Gasteiger partial charge in [-0.3, -0.25) is 9.69 Å². The fourth-order valence-electron chi connectivity index (χ4n) is 6.38. The third-order valence-electron chi connectivity index (χ3n) is 8.11. The van der Waals surface area contributed by atoms with E-state index in [1.54, 1.807) is 6.33 Å². The van der Waals surface area contributed by atoms with Crippen LogP contribution < -0.4 is 4.74 Å². The van der Waals surface area contributed by atoms with Gasteiger partial charge in [-0.25, -0.2) is 9.97 Å². The number of likely N-dealkylation sites (tertiary alicyclic amines) is 1. The van der Waals surface area contributed by atoms with Crippen LogP contribution in [0, 0.1) is 5.92 Å². The Balaban J connectivity index is 1.20. The summed E-state index contributed by atoms with van der Waals surface area (Å²) in [5, 5.41) is 0. The van der Waals surface area contributed by atoms with E-state index in [0.29, 0.717) is 18.5 Å². The molecule has 0 unspecified atom stereocenters. The molecule has 1 aromatic rings. The fourth-order valence-corrected chi connectivity index (χ4v) is 6.38. The lowest BCUT2D eigenvalue weighted by molar-refractivity contribution is -0.131. The Labute approximate surface area is 198 Å². The van der Waals surface area contributed by atoms with Gasteiger partial charge in [-0.1, -0.05) is 11.1 Å². The van der Waals surface area contributed by atoms with Gasteiger partial charge in [-0.2, -0.15) is 0 Å². The van der Waals surface area contributed by atoms with Crippen molar-refractivity contribution in [1.82, 2.24) is 19.8 Å². The first-order chi connectivity index (χ1) is 16.0. The number of fused-ring (bicyclic) bond motifs is 2. The minimum absolute atomic E-state index is 0.188. The van der Waals surface area contributed by atoms with Gasteiger partial charge in [-0.15, -0.1) is 6.58 Å². The zero-order valence-corrected chi connectivity index (χ0v) is 20.3. The summed E-state index contributed by atoms with van der Waals surface area (Å²) >= 11 is 0. The van der Waals surface area contributed by atoms with Crippen LogP contribution in [0.3, 0.4) is 0 Å². The molecular formula is C27H38N4O2. The van der Waals surface area contributed by atoms with E-state index in [1.807, 2.05) is 4.90 Å². The van der Waals surface area contributed by atoms with E-state index in [2.05, 4.69) is 35.4 Å². The number of hydrogen-bond acceptors (Lipinski definition) is 5. The number of allylic oxidation sites excluding steroid dienone is 3. The molecule has 0 spiro atoms. The number of rotatable bonds is 7. The van der Waals surface area contributed by atoms with Crippen LogP contribution in [0.1, 0.15) is 76.0 Å². The fraction of sp³-hybridized carbons (Fsp3) is 0.667. The van der Waals surface area contributed by atoms with Gasteiger partial charge in [0.25, 0.3) is 0 Å². The number of carbonyl (C=O) groups excluding carboxylic acids is 1. The molecule has 1 aromatic heterocycles. The summed E-state index contributed by atoms with van der Waals surface area (Å²) < 4.78 is 6.55. The summed E-state index contributed by atoms with van der Waals surface area (Å²) in [5.41, 5.74) is 6.57. The number of ether oxygens (including phenoxy) is 1. The van der Waals surface area contributed by atoms with Crippen molar-refractivity contribution in [3.8, 4) is 5.88 Å². The van der Waals surface area contributed by atoms with E-state index >= 15 is 0 Å². The zero-order chi connectivity index (χ0) is 22.9. The number of aromatic nitrogens is 2. The van der Waals surface area contributed by atoms with Crippen molar-refractivity contribution in [2.75, 3.05) is 26.7 Å². The molecule has 0 radical (unpaired) electrons. The van der Waals surface area contributed by atoms with Gasteiger partial charge in [0.05, 0.1) is 17.8 Å². The molecule has 1 saturated heterocycles. The third-order valence-corrected chi connectivity index (χ3v) is 8.11. The van der Waals surface area contributed by atoms with Crippen LogP contribution in [0.5, 0.6) is 5.88 Å². The summed E-state index contributed by atoms with van der Waals surface area (Å²) in [6.07, 6.45) is 12.7. The van der Waals surface area contributed by atoms with Crippen LogP contribution in [-0.4, -0.2) is 64.5 Å². The molecule has 5 rings (SSSR count). The second-order valence-corrected chi connectivity index (χ2v) is 10.6. The van der Waals surface area contributed by atoms with Crippen molar-refractivity contribution in [3.05, 3.63) is 35.3 Å². The Morgan fingerprint density at radius 2 is 1.94 bits per heavy atom. The maximum Gasteiger partial charge on any atom is 0.236 e. The second kappa shape index (κ2) is 9.57. The molecule has 6 nitrogen and oxygen atoms in total. The number of amides is 1. The van der Waals surface area contributed by atoms with Gasteiger partial charge in [0, 0.05) is 25.6 Å². The quantitative estimate of drug-likeness (QED) is 0.576. The number of nitrogens with zero attached hydrogens (tertiary/aromatic N) is 4. The Morgan fingerprint density at radius 1 is 1.18 bits per heavy atom. The number of carbonyl (C=O) groups is 1. The first-order valence-electron chi connectivity index (χ1n) is 12.8. The molecule has 2 fully saturated rings. The normalized spacial score (nSPS) is 26.6. The largest absolute Gasteiger partial charge is 0.474 e. The van der Waals surface area contributed by atoms with Crippen molar-refractivity contribution in [2.24, 2.45) is 5.92 Å². The maximum atomic E-state index is 12.5. The molecule has 0 bridgehead atoms. The van der Waals surface area contributed by atoms with Crippen LogP contribution in [0.25, 0.3) is 5.57 Å². The predicted molar refractivity (Wildman–Crippen MR) is 130 cm³/mol. The monoisotopic (exact) mass is 450 g/mol. The van der Waals surface area contributed by atoms with Crippen molar-refractivity contribution in [1.29, 1.82) is 0 Å². The minimum atomic E-state index is 0.188. The zero-order valence-electron chi connectivity index (χ0n) is 20.3. The van der Waals surface area contributed by atoms with Crippen LogP contribution in [0.2, 0.25) is 0 Å². The summed E-state index contributed by atoms with van der Waals surface area (Å²) in [7, 11) is 2.10. The Morgan fingerprint density at radius 3 is 2.67 bits per heavy atom. The number of hydrogen-bond donors (Lipinski definition) is 0. The average Bonchev–Trinajstić information content (AvgIpc) is 3.52. The van der Waals surface area contributed by atoms with Gasteiger partial charge in [0.15, 0.2) is 0 Å². The lowest BCUT2D eigenvalue weighted by Gasteiger charge is -2.35. The second-order valence-electron chi connectivity index (χ2n) is 10.6. The predicted octanol–water partition coefficient (Wildman–Crippen LogP) is 4.41. The van der Waals surface area contributed by atoms with Crippen molar-refractivity contribution in [3.63, 3.8) is 0 Å². The van der Waals surface area contributed by atoms with Gasteiger partial charge >= 0.3 is 0 Å². The molecule has 4 aliphatic rings. The molecule has 0 N–H and O–H groups in total. The van der Waals surface area contributed by atoms with Crippen molar-refractivity contribution in [2.45, 2.75) is 83.3 Å². The highest BCUT2D eigenvalue weighted by Gasteiger charge is 2.37. The van der Waals surface area contributed by atoms with Crippen LogP contribution in [0.15, 0.2) is 24.1 Å². The number of likely N-dealkylation sites (N-methyl/N-ethyl adjacent to an activating group) is 1. The summed E-state index contributed by atoms with van der Waals surface area (Å²) in [6, 6.07) is 0.455. The average molecular weight is 451 g/mol. The molecule has 1 aliphatic heterocycles. The molecule has 33 heavy (non-hydrogen) atoms. The molecule has 1 amide bonds. The lowest BCUT2D eigenvalue weighted by atomic mass is 9.90. The van der Waals surface area contributed by atoms with Crippen LogP contribution >= 0.6 is 0 Å². The van der Waals surface area contributed by atoms with E-state index in [4.69, 9.17) is 4.74 Å². The topological polar surface area (TPSA) is 58.6 Å². The SMILES string of the molecule is C=C(C)C[C@H]1CCC2=C1c1c(ncnc1O[C@H]1CC[C@H](N(C)CC(=O)N3CCCC3)CC1)C2. The van der Waals surface area contributed by atoms with Gasteiger partial charge in [0.2, 0.25) is 11.8 Å². The maximum absolute atomic E-state index is 12.5. The molecule has 3 aliphatic carbocycles. The molecule has 1 atom stereocenters. The van der Waals surface area contributed by atoms with E-state index in [0.717, 1.165) is 82.5 Å². The van der Waals surface area contributed by atoms with Crippen molar-refractivity contribution >= 4 is 11.5 Å². The highest BCUT2D eigenvalue weighted by molar-refractivity contribution is 5.81. The van der Waals surface area contributed by atoms with Crippen LogP contribution in [-0.2, 0) is 11.2 Å². The van der Waals surface area contributed by atoms with Gasteiger partial charge < -0.3 is 9.64 Å². The van der Waals surface area contributed by atoms with Gasteiger partial charge in [-0.05, 0) is 83.2 Å². The Kier molecular flexibility index (Phi) is 6.55. The molecule has 0 aromatic carbocycles. The highest BCUT2D eigenvalue weighted by Crippen LogP contribution is 2.50. The van der Waals surface area contributed by atoms with E-state index in [1.165, 1.54) is 28.7 Å². The first-order valence-corrected chi connectivity index (χ1v) is 12.8. The molecular weight excluding hydrogens is 412 g/mol. The summed E-state index contributed by atoms with van der Waals surface area (Å²) in [5.74, 6) is 1.61. The van der Waals surface area contributed by atoms with Crippen LogP contribution in [0.4, 0.5) is 0 Å². The summed E-state index contributed by atoms with van der Waals surface area (Å²) in [6.45, 7) is 8.68. The molecule has 6 heteroatoms. The lowest BCUT2D eigenvalue weighted by Crippen LogP contribution is -2.44. The van der Waals surface area contributed by atoms with E-state index in [9.17, 15) is 4.79 Å². The first kappa shape index (κ1) is 22.6. The highest BCUT2D eigenvalue weighted by atomic mass is 16.5. The van der Waals surface area contributed by atoms with E-state index < -0.39 is 0 Å². The molecule has 178 valence electrons. The smallest absolute Gasteiger partial charge is 0.236 e. The molecule has 2 heterocycles. The minimum Gasteiger partial charge on any atom is -0.474 e. The van der Waals surface area contributed by atoms with Gasteiger partial charge in [0.1, 0.15) is 12.4 Å². The standard InChI is InChI=1S/C27H38N4O2/c1-18(2)14-19-6-7-20-15-23-26(25(19)20)27(29-17-28-23)33-22-10-8-21(9-11-22)30(3)16-24(32)31-12-4-5-13-31/h17,19,21-22H,1,4-16H2,2-3H3/t19-,21-,22-/m1/s1. The summed E-state index contributed by atoms with van der Waals surface area (Å²) in [4.78, 5) is 26.0. The third kappa shape index (κ3) is 4.72. The molecule has 1 saturated carbocycles. The van der Waals surface area contributed by atoms with E-state index in [-0.39, 0.29) is 12.0 Å². The Bertz CT molecular complexity index is 941. The van der Waals surface area contributed by atoms with Crippen molar-refractivity contribution < 1.29 is 9.53 Å². The Hall–Kier alpha value is -2.21.